The fraction of sp³-hybridized carbons (Fsp3) is 0.700. The van der Waals surface area contributed by atoms with E-state index in [1.54, 1.807) is 0 Å². The number of aromatic nitrogens is 1. The Morgan fingerprint density at radius 1 is 1.65 bits per heavy atom. The molecule has 0 aliphatic heterocycles. The smallest absolute Gasteiger partial charge is 0.345 e. The van der Waals surface area contributed by atoms with Crippen molar-refractivity contribution >= 4 is 21.5 Å². The zero-order chi connectivity index (χ0) is 12.8. The second kappa shape index (κ2) is 6.51. The highest BCUT2D eigenvalue weighted by Crippen LogP contribution is 2.24. The number of hydrogen-bond donors (Lipinski definition) is 1. The van der Waals surface area contributed by atoms with E-state index in [9.17, 15) is 10.1 Å². The molecule has 0 aliphatic rings. The Labute approximate surface area is 105 Å². The largest absolute Gasteiger partial charge is 0.361 e. The molecule has 0 aromatic carbocycles. The highest BCUT2D eigenvalue weighted by molar-refractivity contribution is 7.18. The molecule has 1 heterocycles. The van der Waals surface area contributed by atoms with E-state index in [2.05, 4.69) is 36.1 Å². The van der Waals surface area contributed by atoms with Crippen LogP contribution in [0.25, 0.3) is 0 Å². The Morgan fingerprint density at radius 2 is 2.35 bits per heavy atom. The van der Waals surface area contributed by atoms with Crippen molar-refractivity contribution in [1.82, 2.24) is 9.88 Å². The monoisotopic (exact) mass is 258 g/mol. The predicted molar refractivity (Wildman–Crippen MR) is 69.6 cm³/mol. The summed E-state index contributed by atoms with van der Waals surface area (Å²) in [7, 11) is 2.08. The van der Waals surface area contributed by atoms with Gasteiger partial charge in [-0.05, 0) is 45.2 Å². The van der Waals surface area contributed by atoms with Crippen LogP contribution in [0.1, 0.15) is 20.3 Å². The van der Waals surface area contributed by atoms with Crippen molar-refractivity contribution in [2.24, 2.45) is 0 Å². The summed E-state index contributed by atoms with van der Waals surface area (Å²) in [5.74, 6) is 0. The highest BCUT2D eigenvalue weighted by atomic mass is 32.1. The Balaban J connectivity index is 2.24. The third-order valence-electron chi connectivity index (χ3n) is 2.52. The molecule has 6 nitrogen and oxygen atoms in total. The minimum atomic E-state index is -0.421. The Bertz CT molecular complexity index is 367. The third-order valence-corrected chi connectivity index (χ3v) is 3.43. The van der Waals surface area contributed by atoms with Crippen LogP contribution in [-0.4, -0.2) is 41.0 Å². The van der Waals surface area contributed by atoms with Gasteiger partial charge in [0.25, 0.3) is 0 Å². The molecule has 0 aliphatic carbocycles. The standard InChI is InChI=1S/C10H18N4O2S/c1-8(2)13(3)6-4-5-11-10-12-7-9(17-10)14(15)16/h7-8H,4-6H2,1-3H3,(H,11,12). The minimum Gasteiger partial charge on any atom is -0.361 e. The zero-order valence-corrected chi connectivity index (χ0v) is 11.2. The summed E-state index contributed by atoms with van der Waals surface area (Å²) in [4.78, 5) is 16.2. The molecule has 0 saturated carbocycles. The summed E-state index contributed by atoms with van der Waals surface area (Å²) in [5.41, 5.74) is 0. The normalized spacial score (nSPS) is 11.1. The Hall–Kier alpha value is -1.21. The van der Waals surface area contributed by atoms with E-state index >= 15 is 0 Å². The molecule has 1 rings (SSSR count). The van der Waals surface area contributed by atoms with Crippen LogP contribution in [0.3, 0.4) is 0 Å². The van der Waals surface area contributed by atoms with Crippen molar-refractivity contribution in [2.45, 2.75) is 26.3 Å². The molecule has 17 heavy (non-hydrogen) atoms. The Kier molecular flexibility index (Phi) is 5.30. The molecule has 0 atom stereocenters. The van der Waals surface area contributed by atoms with E-state index in [1.807, 2.05) is 0 Å². The van der Waals surface area contributed by atoms with Gasteiger partial charge in [-0.25, -0.2) is 4.98 Å². The second-order valence-corrected chi connectivity index (χ2v) is 5.12. The quantitative estimate of drug-likeness (QED) is 0.461. The maximum atomic E-state index is 10.5. The van der Waals surface area contributed by atoms with E-state index in [0.717, 1.165) is 30.8 Å². The molecule has 0 amide bonds. The predicted octanol–water partition coefficient (Wildman–Crippen LogP) is 2.19. The number of nitrogens with one attached hydrogen (secondary N) is 1. The fourth-order valence-corrected chi connectivity index (χ4v) is 1.87. The van der Waals surface area contributed by atoms with Gasteiger partial charge in [-0.15, -0.1) is 0 Å². The van der Waals surface area contributed by atoms with Gasteiger partial charge in [-0.3, -0.25) is 10.1 Å². The van der Waals surface area contributed by atoms with Gasteiger partial charge in [0.05, 0.1) is 4.92 Å². The van der Waals surface area contributed by atoms with Gasteiger partial charge in [0.15, 0.2) is 5.13 Å². The summed E-state index contributed by atoms with van der Waals surface area (Å²) >= 11 is 1.07. The van der Waals surface area contributed by atoms with Crippen molar-refractivity contribution in [3.63, 3.8) is 0 Å². The molecule has 0 spiro atoms. The number of nitrogens with zero attached hydrogens (tertiary/aromatic N) is 3. The molecule has 0 bridgehead atoms. The van der Waals surface area contributed by atoms with Gasteiger partial charge in [-0.2, -0.15) is 0 Å². The molecule has 7 heteroatoms. The van der Waals surface area contributed by atoms with Gasteiger partial charge in [0.2, 0.25) is 0 Å². The lowest BCUT2D eigenvalue weighted by Crippen LogP contribution is -2.28. The van der Waals surface area contributed by atoms with E-state index in [0.29, 0.717) is 11.2 Å². The summed E-state index contributed by atoms with van der Waals surface area (Å²) in [6, 6.07) is 0.538. The van der Waals surface area contributed by atoms with Crippen LogP contribution in [0, 0.1) is 10.1 Å². The number of nitro groups is 1. The van der Waals surface area contributed by atoms with Crippen LogP contribution in [0.2, 0.25) is 0 Å². The lowest BCUT2D eigenvalue weighted by atomic mass is 10.3. The van der Waals surface area contributed by atoms with Gasteiger partial charge < -0.3 is 10.2 Å². The average Bonchev–Trinajstić information content (AvgIpc) is 2.72. The first-order chi connectivity index (χ1) is 8.00. The topological polar surface area (TPSA) is 71.3 Å². The van der Waals surface area contributed by atoms with E-state index < -0.39 is 4.92 Å². The Morgan fingerprint density at radius 3 is 2.88 bits per heavy atom. The second-order valence-electron chi connectivity index (χ2n) is 4.12. The maximum absolute atomic E-state index is 10.5. The lowest BCUT2D eigenvalue weighted by Gasteiger charge is -2.20. The van der Waals surface area contributed by atoms with E-state index in [4.69, 9.17) is 0 Å². The molecule has 0 radical (unpaired) electrons. The number of hydrogen-bond acceptors (Lipinski definition) is 6. The van der Waals surface area contributed by atoms with E-state index in [-0.39, 0.29) is 5.00 Å². The average molecular weight is 258 g/mol. The lowest BCUT2D eigenvalue weighted by molar-refractivity contribution is -0.380. The molecule has 1 aromatic rings. The first-order valence-electron chi connectivity index (χ1n) is 5.55. The van der Waals surface area contributed by atoms with Crippen LogP contribution >= 0.6 is 11.3 Å². The number of rotatable bonds is 7. The molecule has 0 fully saturated rings. The third kappa shape index (κ3) is 4.66. The van der Waals surface area contributed by atoms with Crippen LogP contribution in [-0.2, 0) is 0 Å². The first kappa shape index (κ1) is 13.9. The van der Waals surface area contributed by atoms with Crippen molar-refractivity contribution < 1.29 is 4.92 Å². The molecule has 96 valence electrons. The van der Waals surface area contributed by atoms with Crippen molar-refractivity contribution in [3.05, 3.63) is 16.3 Å². The van der Waals surface area contributed by atoms with Gasteiger partial charge in [-0.1, -0.05) is 0 Å². The number of thiazole rings is 1. The van der Waals surface area contributed by atoms with Crippen molar-refractivity contribution in [2.75, 3.05) is 25.5 Å². The number of anilines is 1. The molecule has 1 aromatic heterocycles. The van der Waals surface area contributed by atoms with Crippen LogP contribution < -0.4 is 5.32 Å². The first-order valence-corrected chi connectivity index (χ1v) is 6.36. The van der Waals surface area contributed by atoms with Crippen LogP contribution in [0.4, 0.5) is 10.1 Å². The maximum Gasteiger partial charge on any atom is 0.345 e. The molecule has 0 saturated heterocycles. The fourth-order valence-electron chi connectivity index (χ4n) is 1.21. The van der Waals surface area contributed by atoms with Gasteiger partial charge >= 0.3 is 5.00 Å². The van der Waals surface area contributed by atoms with Gasteiger partial charge in [0.1, 0.15) is 6.20 Å². The molecule has 1 N–H and O–H groups in total. The van der Waals surface area contributed by atoms with Crippen molar-refractivity contribution in [1.29, 1.82) is 0 Å². The van der Waals surface area contributed by atoms with Gasteiger partial charge in [0, 0.05) is 12.6 Å². The van der Waals surface area contributed by atoms with Crippen LogP contribution in [0.5, 0.6) is 0 Å². The molecule has 0 unspecified atom stereocenters. The summed E-state index contributed by atoms with van der Waals surface area (Å²) in [5, 5.41) is 14.2. The minimum absolute atomic E-state index is 0.0757. The van der Waals surface area contributed by atoms with Crippen LogP contribution in [0.15, 0.2) is 6.20 Å². The summed E-state index contributed by atoms with van der Waals surface area (Å²) < 4.78 is 0. The van der Waals surface area contributed by atoms with Crippen molar-refractivity contribution in [3.8, 4) is 0 Å². The molecular formula is C10H18N4O2S. The highest BCUT2D eigenvalue weighted by Gasteiger charge is 2.10. The molecular weight excluding hydrogens is 240 g/mol. The zero-order valence-electron chi connectivity index (χ0n) is 10.3. The van der Waals surface area contributed by atoms with E-state index in [1.165, 1.54) is 6.20 Å². The summed E-state index contributed by atoms with van der Waals surface area (Å²) in [6.45, 7) is 6.08. The SMILES string of the molecule is CC(C)N(C)CCCNc1ncc([N+](=O)[O-])s1. The summed E-state index contributed by atoms with van der Waals surface area (Å²) in [6.07, 6.45) is 2.27.